The van der Waals surface area contributed by atoms with Crippen molar-refractivity contribution in [1.29, 1.82) is 0 Å². The summed E-state index contributed by atoms with van der Waals surface area (Å²) in [5.41, 5.74) is -0.345. The number of fused-ring (bicyclic) bond motifs is 1. The lowest BCUT2D eigenvalue weighted by atomic mass is 9.97. The van der Waals surface area contributed by atoms with Gasteiger partial charge in [-0.25, -0.2) is 4.98 Å². The Hall–Kier alpha value is -2.44. The maximum atomic E-state index is 12.8. The second-order valence-electron chi connectivity index (χ2n) is 8.11. The third-order valence-corrected chi connectivity index (χ3v) is 4.04. The van der Waals surface area contributed by atoms with Gasteiger partial charge in [-0.05, 0) is 47.6 Å². The highest BCUT2D eigenvalue weighted by Gasteiger charge is 2.34. The van der Waals surface area contributed by atoms with Gasteiger partial charge in [0.1, 0.15) is 5.52 Å². The minimum Gasteiger partial charge on any atom is -0.493 e. The maximum Gasteiger partial charge on any atom is 0.260 e. The Balaban J connectivity index is 2.90. The van der Waals surface area contributed by atoms with Crippen LogP contribution in [0.2, 0.25) is 0 Å². The Kier molecular flexibility index (Phi) is 5.12. The van der Waals surface area contributed by atoms with Crippen molar-refractivity contribution in [3.63, 3.8) is 0 Å². The number of rotatable bonds is 4. The van der Waals surface area contributed by atoms with Gasteiger partial charge in [0.15, 0.2) is 11.5 Å². The quantitative estimate of drug-likeness (QED) is 0.898. The van der Waals surface area contributed by atoms with E-state index < -0.39 is 0 Å². The predicted octanol–water partition coefficient (Wildman–Crippen LogP) is 3.35. The normalized spacial score (nSPS) is 12.2. The van der Waals surface area contributed by atoms with E-state index in [4.69, 9.17) is 19.2 Å². The first-order valence-electron chi connectivity index (χ1n) is 8.49. The fourth-order valence-corrected chi connectivity index (χ4v) is 3.48. The van der Waals surface area contributed by atoms with Gasteiger partial charge in [0, 0.05) is 11.1 Å². The van der Waals surface area contributed by atoms with Crippen molar-refractivity contribution in [1.82, 2.24) is 9.97 Å². The Morgan fingerprint density at radius 2 is 1.46 bits per heavy atom. The van der Waals surface area contributed by atoms with Crippen molar-refractivity contribution in [2.45, 2.75) is 52.6 Å². The minimum atomic E-state index is -0.261. The average Bonchev–Trinajstić information content (AvgIpc) is 2.50. The Morgan fingerprint density at radius 1 is 0.923 bits per heavy atom. The van der Waals surface area contributed by atoms with Gasteiger partial charge < -0.3 is 19.1 Å². The van der Waals surface area contributed by atoms with Gasteiger partial charge in [-0.15, -0.1) is 0 Å². The van der Waals surface area contributed by atoms with Crippen LogP contribution in [0.4, 0.5) is 5.95 Å². The molecular weight excluding hydrogens is 334 g/mol. The number of benzene rings is 1. The molecule has 0 aliphatic heterocycles. The molecule has 0 fully saturated rings. The van der Waals surface area contributed by atoms with E-state index in [9.17, 15) is 4.79 Å². The monoisotopic (exact) mass is 363 g/mol. The summed E-state index contributed by atoms with van der Waals surface area (Å²) in [5.74, 6) is 1.68. The molecule has 1 N–H and O–H groups in total. The fourth-order valence-electron chi connectivity index (χ4n) is 3.48. The van der Waals surface area contributed by atoms with Gasteiger partial charge in [-0.1, -0.05) is 0 Å². The molecule has 2 rings (SSSR count). The van der Waals surface area contributed by atoms with Gasteiger partial charge in [-0.3, -0.25) is 9.78 Å². The summed E-state index contributed by atoms with van der Waals surface area (Å²) < 4.78 is 16.3. The molecule has 0 amide bonds. The van der Waals surface area contributed by atoms with Crippen molar-refractivity contribution in [3.8, 4) is 17.2 Å². The Morgan fingerprint density at radius 3 is 1.88 bits per heavy atom. The van der Waals surface area contributed by atoms with Crippen LogP contribution >= 0.6 is 0 Å². The van der Waals surface area contributed by atoms with Gasteiger partial charge in [0.05, 0.1) is 26.7 Å². The number of H-pyrrole nitrogens is 1. The van der Waals surface area contributed by atoms with Crippen LogP contribution in [0.1, 0.15) is 41.5 Å². The van der Waals surface area contributed by atoms with Crippen LogP contribution in [0.25, 0.3) is 10.9 Å². The van der Waals surface area contributed by atoms with Crippen LogP contribution in [0, 0.1) is 0 Å². The lowest BCUT2D eigenvalue weighted by molar-refractivity contribution is 0.326. The van der Waals surface area contributed by atoms with Gasteiger partial charge in [0.2, 0.25) is 11.7 Å². The van der Waals surface area contributed by atoms with E-state index in [1.165, 1.54) is 21.3 Å². The molecule has 144 valence electrons. The summed E-state index contributed by atoms with van der Waals surface area (Å²) >= 11 is 0. The van der Waals surface area contributed by atoms with E-state index in [0.717, 1.165) is 0 Å². The van der Waals surface area contributed by atoms with Crippen LogP contribution in [-0.4, -0.2) is 42.4 Å². The third-order valence-electron chi connectivity index (χ3n) is 4.04. The number of anilines is 1. The van der Waals surface area contributed by atoms with E-state index >= 15 is 0 Å². The maximum absolute atomic E-state index is 12.8. The Bertz CT molecular complexity index is 846. The molecule has 1 heterocycles. The molecule has 0 aliphatic carbocycles. The molecule has 1 aromatic carbocycles. The summed E-state index contributed by atoms with van der Waals surface area (Å²) in [7, 11) is 4.56. The third kappa shape index (κ3) is 3.43. The molecule has 0 spiro atoms. The lowest BCUT2D eigenvalue weighted by Gasteiger charge is -2.45. The zero-order valence-corrected chi connectivity index (χ0v) is 17.1. The molecule has 0 atom stereocenters. The van der Waals surface area contributed by atoms with Gasteiger partial charge in [0.25, 0.3) is 5.56 Å². The van der Waals surface area contributed by atoms with E-state index in [1.54, 1.807) is 6.07 Å². The molecule has 0 radical (unpaired) electrons. The summed E-state index contributed by atoms with van der Waals surface area (Å²) in [5, 5.41) is 0.381. The van der Waals surface area contributed by atoms with E-state index in [-0.39, 0.29) is 16.6 Å². The van der Waals surface area contributed by atoms with Gasteiger partial charge in [-0.2, -0.15) is 0 Å². The summed E-state index contributed by atoms with van der Waals surface area (Å²) in [6.07, 6.45) is 0. The average molecular weight is 363 g/mol. The van der Waals surface area contributed by atoms with Crippen LogP contribution < -0.4 is 24.7 Å². The van der Waals surface area contributed by atoms with Crippen LogP contribution in [0.5, 0.6) is 17.2 Å². The zero-order valence-electron chi connectivity index (χ0n) is 17.1. The molecule has 0 saturated heterocycles. The number of aromatic amines is 1. The molecule has 26 heavy (non-hydrogen) atoms. The van der Waals surface area contributed by atoms with Crippen molar-refractivity contribution in [3.05, 3.63) is 16.4 Å². The van der Waals surface area contributed by atoms with E-state index in [0.29, 0.717) is 34.1 Å². The number of aromatic nitrogens is 2. The summed E-state index contributed by atoms with van der Waals surface area (Å²) in [6, 6.07) is 1.62. The predicted molar refractivity (Wildman–Crippen MR) is 104 cm³/mol. The first kappa shape index (κ1) is 19.9. The Labute approximate surface area is 154 Å². The molecule has 7 nitrogen and oxygen atoms in total. The molecular formula is C19H29N3O4. The smallest absolute Gasteiger partial charge is 0.260 e. The number of nitrogens with zero attached hydrogens (tertiary/aromatic N) is 2. The number of methoxy groups -OCH3 is 3. The van der Waals surface area contributed by atoms with Crippen molar-refractivity contribution >= 4 is 16.9 Å². The minimum absolute atomic E-state index is 0.258. The first-order chi connectivity index (χ1) is 12.0. The first-order valence-corrected chi connectivity index (χ1v) is 8.49. The van der Waals surface area contributed by atoms with Crippen molar-refractivity contribution in [2.75, 3.05) is 26.2 Å². The number of hydrogen-bond donors (Lipinski definition) is 1. The fraction of sp³-hybridized carbons (Fsp3) is 0.579. The molecule has 0 aliphatic rings. The van der Waals surface area contributed by atoms with Crippen molar-refractivity contribution in [2.24, 2.45) is 0 Å². The van der Waals surface area contributed by atoms with Crippen molar-refractivity contribution < 1.29 is 14.2 Å². The van der Waals surface area contributed by atoms with E-state index in [2.05, 4.69) is 51.4 Å². The topological polar surface area (TPSA) is 76.7 Å². The number of nitrogens with one attached hydrogen (secondary N) is 1. The van der Waals surface area contributed by atoms with Crippen LogP contribution in [0.15, 0.2) is 10.9 Å². The number of ether oxygens (including phenoxy) is 3. The second-order valence-corrected chi connectivity index (χ2v) is 8.11. The lowest BCUT2D eigenvalue weighted by Crippen LogP contribution is -2.54. The summed E-state index contributed by atoms with van der Waals surface area (Å²) in [4.78, 5) is 22.5. The largest absolute Gasteiger partial charge is 0.493 e. The summed E-state index contributed by atoms with van der Waals surface area (Å²) in [6.45, 7) is 12.5. The highest BCUT2D eigenvalue weighted by atomic mass is 16.5. The molecule has 0 saturated carbocycles. The highest BCUT2D eigenvalue weighted by molar-refractivity contribution is 5.90. The zero-order chi connectivity index (χ0) is 19.9. The molecule has 2 aromatic rings. The van der Waals surface area contributed by atoms with Crippen LogP contribution in [-0.2, 0) is 0 Å². The SMILES string of the molecule is COc1cc2c(=O)[nH]c(N(C(C)(C)C)C(C)(C)C)nc2c(OC)c1OC. The molecule has 7 heteroatoms. The second kappa shape index (κ2) is 6.70. The van der Waals surface area contributed by atoms with E-state index in [1.807, 2.05) is 0 Å². The van der Waals surface area contributed by atoms with Crippen LogP contribution in [0.3, 0.4) is 0 Å². The molecule has 0 unspecified atom stereocenters. The standard InChI is InChI=1S/C19H29N3O4/c1-18(2,3)22(19(4,5)6)17-20-13-11(16(23)21-17)10-12(24-7)14(25-8)15(13)26-9/h10H,1-9H3,(H,20,21,23). The van der Waals surface area contributed by atoms with Gasteiger partial charge >= 0.3 is 0 Å². The highest BCUT2D eigenvalue weighted by Crippen LogP contribution is 2.42. The molecule has 1 aromatic heterocycles. The molecule has 0 bridgehead atoms. The number of hydrogen-bond acceptors (Lipinski definition) is 6.